The average Bonchev–Trinajstić information content (AvgIpc) is 3.08. The minimum Gasteiger partial charge on any atom is -0.309 e. The number of hydrogen-bond donors (Lipinski definition) is 1. The first-order valence-electron chi connectivity index (χ1n) is 10.5. The molecule has 0 radical (unpaired) electrons. The van der Waals surface area contributed by atoms with E-state index >= 15 is 0 Å². The van der Waals surface area contributed by atoms with Gasteiger partial charge in [0.2, 0.25) is 0 Å². The molecule has 8 heteroatoms. The van der Waals surface area contributed by atoms with Crippen molar-refractivity contribution in [2.45, 2.75) is 38.6 Å². The lowest BCUT2D eigenvalue weighted by Gasteiger charge is -2.15. The van der Waals surface area contributed by atoms with Gasteiger partial charge in [-0.2, -0.15) is 0 Å². The molecule has 3 aromatic heterocycles. The molecule has 33 heavy (non-hydrogen) atoms. The van der Waals surface area contributed by atoms with E-state index in [4.69, 9.17) is 4.98 Å². The van der Waals surface area contributed by atoms with Gasteiger partial charge in [-0.15, -0.1) is 11.3 Å². The second-order valence-corrected chi connectivity index (χ2v) is 10.3. The standard InChI is InChI=1S/C25H22N4O2S2/c1-13-9-10-14(2)19(11-13)29-24(31)17-7-5-6-8-18(17)26-25(29)32-12-20-27-22(30)21-15(3)16(4)33-23(21)28-20/h5-11H,12H2,1-4H3,(H,27,28,30). The molecular weight excluding hydrogens is 452 g/mol. The minimum atomic E-state index is -0.129. The summed E-state index contributed by atoms with van der Waals surface area (Å²) in [5.41, 5.74) is 4.23. The van der Waals surface area contributed by atoms with Gasteiger partial charge in [0.25, 0.3) is 11.1 Å². The number of hydrogen-bond acceptors (Lipinski definition) is 6. The highest BCUT2D eigenvalue weighted by atomic mass is 32.2. The van der Waals surface area contributed by atoms with Crippen molar-refractivity contribution in [2.75, 3.05) is 0 Å². The van der Waals surface area contributed by atoms with Crippen molar-refractivity contribution in [1.29, 1.82) is 0 Å². The fourth-order valence-corrected chi connectivity index (χ4v) is 5.81. The molecule has 0 aliphatic rings. The first kappa shape index (κ1) is 21.6. The summed E-state index contributed by atoms with van der Waals surface area (Å²) < 4.78 is 1.67. The Morgan fingerprint density at radius 3 is 2.64 bits per heavy atom. The zero-order valence-electron chi connectivity index (χ0n) is 18.7. The summed E-state index contributed by atoms with van der Waals surface area (Å²) in [6.07, 6.45) is 0. The lowest BCUT2D eigenvalue weighted by Crippen LogP contribution is -2.22. The Bertz CT molecular complexity index is 1660. The third-order valence-electron chi connectivity index (χ3n) is 5.78. The number of aryl methyl sites for hydroxylation is 4. The van der Waals surface area contributed by atoms with Crippen LogP contribution >= 0.6 is 23.1 Å². The van der Waals surface area contributed by atoms with Crippen molar-refractivity contribution in [3.05, 3.63) is 90.6 Å². The normalized spacial score (nSPS) is 11.5. The fraction of sp³-hybridized carbons (Fsp3) is 0.200. The van der Waals surface area contributed by atoms with Crippen molar-refractivity contribution in [3.63, 3.8) is 0 Å². The summed E-state index contributed by atoms with van der Waals surface area (Å²) in [7, 11) is 0. The Morgan fingerprint density at radius 2 is 1.82 bits per heavy atom. The van der Waals surface area contributed by atoms with Gasteiger partial charge < -0.3 is 4.98 Å². The molecule has 0 bridgehead atoms. The summed E-state index contributed by atoms with van der Waals surface area (Å²) in [5, 5.41) is 1.79. The van der Waals surface area contributed by atoms with Crippen LogP contribution in [0.5, 0.6) is 0 Å². The van der Waals surface area contributed by atoms with E-state index in [2.05, 4.69) is 9.97 Å². The number of aromatic nitrogens is 4. The number of thioether (sulfide) groups is 1. The number of aromatic amines is 1. The van der Waals surface area contributed by atoms with Gasteiger partial charge in [0, 0.05) is 4.88 Å². The number of nitrogens with one attached hydrogen (secondary N) is 1. The molecule has 1 N–H and O–H groups in total. The van der Waals surface area contributed by atoms with Crippen molar-refractivity contribution in [1.82, 2.24) is 19.5 Å². The SMILES string of the molecule is Cc1ccc(C)c(-n2c(SCc3nc4sc(C)c(C)c4c(=O)[nH]3)nc3ccccc3c2=O)c1. The van der Waals surface area contributed by atoms with Crippen LogP contribution in [-0.4, -0.2) is 19.5 Å². The van der Waals surface area contributed by atoms with Gasteiger partial charge in [0.1, 0.15) is 10.7 Å². The highest BCUT2D eigenvalue weighted by Crippen LogP contribution is 2.28. The summed E-state index contributed by atoms with van der Waals surface area (Å²) in [5.74, 6) is 0.949. The lowest BCUT2D eigenvalue weighted by molar-refractivity contribution is 0.812. The molecule has 0 atom stereocenters. The minimum absolute atomic E-state index is 0.113. The number of thiophene rings is 1. The maximum atomic E-state index is 13.5. The molecule has 2 aromatic carbocycles. The molecule has 0 saturated carbocycles. The molecule has 0 amide bonds. The third kappa shape index (κ3) is 3.79. The third-order valence-corrected chi connectivity index (χ3v) is 7.83. The van der Waals surface area contributed by atoms with Crippen LogP contribution in [0.25, 0.3) is 26.8 Å². The molecule has 0 aliphatic heterocycles. The Hall–Kier alpha value is -3.23. The molecule has 3 heterocycles. The smallest absolute Gasteiger partial charge is 0.266 e. The first-order valence-corrected chi connectivity index (χ1v) is 12.3. The summed E-state index contributed by atoms with van der Waals surface area (Å²) in [4.78, 5) is 40.4. The molecule has 5 aromatic rings. The van der Waals surface area contributed by atoms with Gasteiger partial charge >= 0.3 is 0 Å². The molecule has 166 valence electrons. The Balaban J connectivity index is 1.64. The van der Waals surface area contributed by atoms with Crippen molar-refractivity contribution in [2.24, 2.45) is 0 Å². The van der Waals surface area contributed by atoms with Crippen LogP contribution in [0, 0.1) is 27.7 Å². The molecule has 0 saturated heterocycles. The Morgan fingerprint density at radius 1 is 1.03 bits per heavy atom. The van der Waals surface area contributed by atoms with Crippen LogP contribution < -0.4 is 11.1 Å². The topological polar surface area (TPSA) is 80.6 Å². The monoisotopic (exact) mass is 474 g/mol. The molecule has 5 rings (SSSR count). The van der Waals surface area contributed by atoms with Gasteiger partial charge in [-0.25, -0.2) is 9.97 Å². The Kier molecular flexibility index (Phi) is 5.42. The van der Waals surface area contributed by atoms with E-state index in [0.717, 1.165) is 32.1 Å². The van der Waals surface area contributed by atoms with Crippen LogP contribution in [-0.2, 0) is 5.75 Å². The number of nitrogens with zero attached hydrogens (tertiary/aromatic N) is 3. The molecule has 0 unspecified atom stereocenters. The van der Waals surface area contributed by atoms with Crippen LogP contribution in [0.2, 0.25) is 0 Å². The quantitative estimate of drug-likeness (QED) is 0.286. The predicted molar refractivity (Wildman–Crippen MR) is 136 cm³/mol. The van der Waals surface area contributed by atoms with Crippen molar-refractivity contribution < 1.29 is 0 Å². The maximum absolute atomic E-state index is 13.5. The van der Waals surface area contributed by atoms with Crippen LogP contribution in [0.1, 0.15) is 27.4 Å². The maximum Gasteiger partial charge on any atom is 0.266 e. The summed E-state index contributed by atoms with van der Waals surface area (Å²) in [6.45, 7) is 7.93. The fourth-order valence-electron chi connectivity index (χ4n) is 3.88. The summed E-state index contributed by atoms with van der Waals surface area (Å²) in [6, 6.07) is 13.4. The predicted octanol–water partition coefficient (Wildman–Crippen LogP) is 5.21. The number of benzene rings is 2. The van der Waals surface area contributed by atoms with Gasteiger partial charge in [-0.1, -0.05) is 36.0 Å². The van der Waals surface area contributed by atoms with Crippen LogP contribution in [0.3, 0.4) is 0 Å². The van der Waals surface area contributed by atoms with Gasteiger partial charge in [0.15, 0.2) is 5.16 Å². The van der Waals surface area contributed by atoms with Crippen molar-refractivity contribution in [3.8, 4) is 5.69 Å². The van der Waals surface area contributed by atoms with Gasteiger partial charge in [-0.05, 0) is 62.6 Å². The van der Waals surface area contributed by atoms with E-state index in [-0.39, 0.29) is 11.1 Å². The molecule has 0 aliphatic carbocycles. The molecular formula is C25H22N4O2S2. The van der Waals surface area contributed by atoms with E-state index in [0.29, 0.717) is 33.0 Å². The van der Waals surface area contributed by atoms with E-state index in [1.807, 2.05) is 64.1 Å². The zero-order valence-corrected chi connectivity index (χ0v) is 20.4. The molecule has 6 nitrogen and oxygen atoms in total. The lowest BCUT2D eigenvalue weighted by atomic mass is 10.1. The first-order chi connectivity index (χ1) is 15.8. The van der Waals surface area contributed by atoms with E-state index in [1.54, 1.807) is 10.6 Å². The van der Waals surface area contributed by atoms with E-state index < -0.39 is 0 Å². The van der Waals surface area contributed by atoms with E-state index in [9.17, 15) is 9.59 Å². The number of para-hydroxylation sites is 1. The molecule has 0 fully saturated rings. The zero-order chi connectivity index (χ0) is 23.3. The molecule has 0 spiro atoms. The number of H-pyrrole nitrogens is 1. The highest BCUT2D eigenvalue weighted by molar-refractivity contribution is 7.98. The summed E-state index contributed by atoms with van der Waals surface area (Å²) >= 11 is 2.92. The van der Waals surface area contributed by atoms with Crippen LogP contribution in [0.4, 0.5) is 0 Å². The second kappa shape index (κ2) is 8.28. The van der Waals surface area contributed by atoms with Crippen molar-refractivity contribution >= 4 is 44.2 Å². The average molecular weight is 475 g/mol. The highest BCUT2D eigenvalue weighted by Gasteiger charge is 2.17. The van der Waals surface area contributed by atoms with Crippen LogP contribution in [0.15, 0.2) is 57.2 Å². The number of fused-ring (bicyclic) bond motifs is 2. The van der Waals surface area contributed by atoms with E-state index in [1.165, 1.54) is 23.1 Å². The van der Waals surface area contributed by atoms with Gasteiger partial charge in [0.05, 0.1) is 27.7 Å². The number of rotatable bonds is 4. The van der Waals surface area contributed by atoms with Gasteiger partial charge in [-0.3, -0.25) is 14.2 Å². The largest absolute Gasteiger partial charge is 0.309 e. The second-order valence-electron chi connectivity index (χ2n) is 8.11. The Labute approximate surface area is 198 Å².